The van der Waals surface area contributed by atoms with Gasteiger partial charge < -0.3 is 5.32 Å². The normalized spacial score (nSPS) is 9.79. The molecule has 0 aliphatic carbocycles. The molecule has 2 aromatic carbocycles. The summed E-state index contributed by atoms with van der Waals surface area (Å²) in [6.07, 6.45) is 0. The van der Waals surface area contributed by atoms with E-state index in [1.807, 2.05) is 66.7 Å². The second-order valence-electron chi connectivity index (χ2n) is 3.97. The molecule has 0 radical (unpaired) electrons. The number of halogens is 1. The molecule has 0 aromatic heterocycles. The second-order valence-corrected chi connectivity index (χ2v) is 4.82. The van der Waals surface area contributed by atoms with E-state index in [0.29, 0.717) is 10.1 Å². The van der Waals surface area contributed by atoms with Crippen molar-refractivity contribution in [3.63, 3.8) is 0 Å². The van der Waals surface area contributed by atoms with Crippen LogP contribution in [0.1, 0.15) is 0 Å². The zero-order chi connectivity index (χ0) is 13.7. The zero-order valence-electron chi connectivity index (χ0n) is 10.4. The molecule has 0 atom stereocenters. The Morgan fingerprint density at radius 2 is 1.84 bits per heavy atom. The zero-order valence-corrected chi connectivity index (χ0v) is 12.0. The number of hydrogen-bond donors (Lipinski definition) is 2. The van der Waals surface area contributed by atoms with Crippen LogP contribution in [-0.4, -0.2) is 12.2 Å². The fourth-order valence-electron chi connectivity index (χ4n) is 1.58. The Morgan fingerprint density at radius 1 is 1.11 bits per heavy atom. The summed E-state index contributed by atoms with van der Waals surface area (Å²) in [7, 11) is 1.88. The molecule has 3 nitrogen and oxygen atoms in total. The first kappa shape index (κ1) is 13.6. The summed E-state index contributed by atoms with van der Waals surface area (Å²) in [6, 6.07) is 17.3. The molecule has 0 aliphatic rings. The van der Waals surface area contributed by atoms with E-state index in [1.54, 1.807) is 0 Å². The maximum atomic E-state index is 5.95. The first-order valence-corrected chi connectivity index (χ1v) is 6.56. The standard InChI is InChI=1S/C14H14ClN3S/c1-18(13-9-5-6-11(15)10-13)17-14(19)16-12-7-3-2-4-8-12/h2-10H,1H3,(H2,16,17,19). The molecular weight excluding hydrogens is 278 g/mol. The average Bonchev–Trinajstić information content (AvgIpc) is 2.39. The molecule has 0 aliphatic heterocycles. The van der Waals surface area contributed by atoms with E-state index in [2.05, 4.69) is 10.7 Å². The summed E-state index contributed by atoms with van der Waals surface area (Å²) in [6.45, 7) is 0. The number of benzene rings is 2. The third kappa shape index (κ3) is 4.12. The first-order valence-electron chi connectivity index (χ1n) is 5.77. The molecule has 19 heavy (non-hydrogen) atoms. The van der Waals surface area contributed by atoms with Gasteiger partial charge >= 0.3 is 0 Å². The summed E-state index contributed by atoms with van der Waals surface area (Å²) < 4.78 is 0. The monoisotopic (exact) mass is 291 g/mol. The fourth-order valence-corrected chi connectivity index (χ4v) is 2.02. The fraction of sp³-hybridized carbons (Fsp3) is 0.0714. The van der Waals surface area contributed by atoms with Gasteiger partial charge in [-0.15, -0.1) is 0 Å². The van der Waals surface area contributed by atoms with Crippen LogP contribution in [-0.2, 0) is 0 Å². The maximum Gasteiger partial charge on any atom is 0.189 e. The molecule has 2 aromatic rings. The van der Waals surface area contributed by atoms with E-state index < -0.39 is 0 Å². The minimum atomic E-state index is 0.522. The average molecular weight is 292 g/mol. The van der Waals surface area contributed by atoms with Crippen molar-refractivity contribution in [2.75, 3.05) is 17.4 Å². The molecule has 0 unspecified atom stereocenters. The van der Waals surface area contributed by atoms with Gasteiger partial charge in [0, 0.05) is 17.8 Å². The van der Waals surface area contributed by atoms with Crippen LogP contribution in [0.15, 0.2) is 54.6 Å². The molecule has 0 spiro atoms. The highest BCUT2D eigenvalue weighted by atomic mass is 35.5. The Kier molecular flexibility index (Phi) is 4.60. The molecule has 0 saturated carbocycles. The molecule has 0 fully saturated rings. The van der Waals surface area contributed by atoms with Crippen LogP contribution in [0.4, 0.5) is 11.4 Å². The lowest BCUT2D eigenvalue weighted by molar-refractivity contribution is 0.888. The number of hydrogen-bond acceptors (Lipinski definition) is 2. The van der Waals surface area contributed by atoms with Gasteiger partial charge in [-0.3, -0.25) is 10.4 Å². The number of hydrazine groups is 1. The lowest BCUT2D eigenvalue weighted by Gasteiger charge is -2.22. The minimum Gasteiger partial charge on any atom is -0.331 e. The molecular formula is C14H14ClN3S. The van der Waals surface area contributed by atoms with Crippen molar-refractivity contribution in [3.05, 3.63) is 59.6 Å². The van der Waals surface area contributed by atoms with Crippen molar-refractivity contribution >= 4 is 40.3 Å². The summed E-state index contributed by atoms with van der Waals surface area (Å²) >= 11 is 11.2. The number of anilines is 2. The van der Waals surface area contributed by atoms with Crippen molar-refractivity contribution in [3.8, 4) is 0 Å². The van der Waals surface area contributed by atoms with E-state index >= 15 is 0 Å². The highest BCUT2D eigenvalue weighted by Crippen LogP contribution is 2.17. The smallest absolute Gasteiger partial charge is 0.189 e. The Balaban J connectivity index is 1.95. The van der Waals surface area contributed by atoms with Crippen LogP contribution < -0.4 is 15.8 Å². The van der Waals surface area contributed by atoms with Gasteiger partial charge in [0.1, 0.15) is 0 Å². The minimum absolute atomic E-state index is 0.522. The number of rotatable bonds is 3. The summed E-state index contributed by atoms with van der Waals surface area (Å²) in [5.74, 6) is 0. The van der Waals surface area contributed by atoms with Crippen molar-refractivity contribution in [2.24, 2.45) is 0 Å². The topological polar surface area (TPSA) is 27.3 Å². The first-order chi connectivity index (χ1) is 9.15. The summed E-state index contributed by atoms with van der Waals surface area (Å²) in [5.41, 5.74) is 4.95. The van der Waals surface area contributed by atoms with Gasteiger partial charge in [-0.25, -0.2) is 0 Å². The van der Waals surface area contributed by atoms with Crippen LogP contribution in [0.5, 0.6) is 0 Å². The second kappa shape index (κ2) is 6.41. The number of nitrogens with zero attached hydrogens (tertiary/aromatic N) is 1. The van der Waals surface area contributed by atoms with Gasteiger partial charge in [0.25, 0.3) is 0 Å². The van der Waals surface area contributed by atoms with E-state index in [4.69, 9.17) is 23.8 Å². The molecule has 0 heterocycles. The Hall–Kier alpha value is -1.78. The van der Waals surface area contributed by atoms with Crippen LogP contribution in [0.2, 0.25) is 5.02 Å². The molecule has 0 saturated heterocycles. The molecule has 0 amide bonds. The SMILES string of the molecule is CN(NC(=S)Nc1ccccc1)c1cccc(Cl)c1. The maximum absolute atomic E-state index is 5.95. The van der Waals surface area contributed by atoms with Crippen molar-refractivity contribution in [2.45, 2.75) is 0 Å². The van der Waals surface area contributed by atoms with E-state index in [1.165, 1.54) is 0 Å². The van der Waals surface area contributed by atoms with Crippen molar-refractivity contribution in [1.29, 1.82) is 0 Å². The van der Waals surface area contributed by atoms with Gasteiger partial charge in [-0.05, 0) is 42.5 Å². The number of para-hydroxylation sites is 1. The molecule has 2 N–H and O–H groups in total. The van der Waals surface area contributed by atoms with Gasteiger partial charge in [0.2, 0.25) is 0 Å². The molecule has 2 rings (SSSR count). The highest BCUT2D eigenvalue weighted by Gasteiger charge is 2.03. The predicted octanol–water partition coefficient (Wildman–Crippen LogP) is 3.68. The summed E-state index contributed by atoms with van der Waals surface area (Å²) in [5, 5.41) is 6.12. The molecule has 5 heteroatoms. The summed E-state index contributed by atoms with van der Waals surface area (Å²) in [4.78, 5) is 0. The molecule has 0 bridgehead atoms. The predicted molar refractivity (Wildman–Crippen MR) is 85.7 cm³/mol. The van der Waals surface area contributed by atoms with E-state index in [9.17, 15) is 0 Å². The Morgan fingerprint density at radius 3 is 2.53 bits per heavy atom. The highest BCUT2D eigenvalue weighted by molar-refractivity contribution is 7.80. The van der Waals surface area contributed by atoms with Gasteiger partial charge in [0.15, 0.2) is 5.11 Å². The van der Waals surface area contributed by atoms with Gasteiger partial charge in [-0.1, -0.05) is 35.9 Å². The van der Waals surface area contributed by atoms with Gasteiger partial charge in [0.05, 0.1) is 5.69 Å². The van der Waals surface area contributed by atoms with Crippen LogP contribution in [0, 0.1) is 0 Å². The lowest BCUT2D eigenvalue weighted by Crippen LogP contribution is -2.41. The van der Waals surface area contributed by atoms with Crippen LogP contribution >= 0.6 is 23.8 Å². The largest absolute Gasteiger partial charge is 0.331 e. The van der Waals surface area contributed by atoms with Crippen LogP contribution in [0.3, 0.4) is 0 Å². The van der Waals surface area contributed by atoms with E-state index in [-0.39, 0.29) is 0 Å². The third-order valence-electron chi connectivity index (χ3n) is 2.50. The number of nitrogens with one attached hydrogen (secondary N) is 2. The van der Waals surface area contributed by atoms with Gasteiger partial charge in [-0.2, -0.15) is 0 Å². The third-order valence-corrected chi connectivity index (χ3v) is 2.92. The number of thiocarbonyl (C=S) groups is 1. The molecule has 98 valence electrons. The Labute approximate surface area is 123 Å². The van der Waals surface area contributed by atoms with Crippen molar-refractivity contribution in [1.82, 2.24) is 5.43 Å². The van der Waals surface area contributed by atoms with Crippen LogP contribution in [0.25, 0.3) is 0 Å². The Bertz CT molecular complexity index is 560. The van der Waals surface area contributed by atoms with E-state index in [0.717, 1.165) is 11.4 Å². The van der Waals surface area contributed by atoms with Crippen molar-refractivity contribution < 1.29 is 0 Å². The quantitative estimate of drug-likeness (QED) is 0.666. The lowest BCUT2D eigenvalue weighted by atomic mass is 10.3.